The third kappa shape index (κ3) is 2.32. The standard InChI is InChI=1S/C12H11N3O3/c13-9-5-7(16)1-2-10(9)15-12(18)8-3-4-14-6-11(8)17/h1-6,16-17H,13H2,(H,15,18). The Morgan fingerprint density at radius 1 is 1.28 bits per heavy atom. The second-order valence-corrected chi connectivity index (χ2v) is 3.62. The average molecular weight is 245 g/mol. The summed E-state index contributed by atoms with van der Waals surface area (Å²) in [5.74, 6) is -0.711. The van der Waals surface area contributed by atoms with Crippen molar-refractivity contribution in [3.8, 4) is 11.5 Å². The molecule has 0 aliphatic rings. The Balaban J connectivity index is 2.24. The summed E-state index contributed by atoms with van der Waals surface area (Å²) in [6, 6.07) is 5.59. The van der Waals surface area contributed by atoms with Crippen molar-refractivity contribution in [1.82, 2.24) is 4.98 Å². The molecule has 0 aliphatic heterocycles. The molecule has 0 saturated carbocycles. The number of phenols is 1. The summed E-state index contributed by atoms with van der Waals surface area (Å²) in [6.45, 7) is 0. The Bertz CT molecular complexity index is 599. The summed E-state index contributed by atoms with van der Waals surface area (Å²) in [7, 11) is 0. The van der Waals surface area contributed by atoms with Gasteiger partial charge in [0.2, 0.25) is 0 Å². The quantitative estimate of drug-likeness (QED) is 0.471. The van der Waals surface area contributed by atoms with E-state index in [-0.39, 0.29) is 22.7 Å². The summed E-state index contributed by atoms with van der Waals surface area (Å²) >= 11 is 0. The predicted octanol–water partition coefficient (Wildman–Crippen LogP) is 1.33. The van der Waals surface area contributed by atoms with Crippen LogP contribution >= 0.6 is 0 Å². The fourth-order valence-corrected chi connectivity index (χ4v) is 1.43. The normalized spacial score (nSPS) is 10.0. The minimum absolute atomic E-state index is 0.0113. The Labute approximate surface area is 103 Å². The van der Waals surface area contributed by atoms with E-state index in [4.69, 9.17) is 5.73 Å². The lowest BCUT2D eigenvalue weighted by molar-refractivity contribution is 0.102. The van der Waals surface area contributed by atoms with Gasteiger partial charge in [0.15, 0.2) is 0 Å². The molecule has 0 aliphatic carbocycles. The van der Waals surface area contributed by atoms with Crippen molar-refractivity contribution in [2.45, 2.75) is 0 Å². The number of nitrogen functional groups attached to an aromatic ring is 1. The minimum atomic E-state index is -0.507. The van der Waals surface area contributed by atoms with Crippen molar-refractivity contribution in [2.75, 3.05) is 11.1 Å². The van der Waals surface area contributed by atoms with Gasteiger partial charge in [0, 0.05) is 12.3 Å². The number of aromatic nitrogens is 1. The topological polar surface area (TPSA) is 108 Å². The number of hydrogen-bond acceptors (Lipinski definition) is 5. The molecule has 6 nitrogen and oxygen atoms in total. The van der Waals surface area contributed by atoms with Crippen molar-refractivity contribution in [2.24, 2.45) is 0 Å². The van der Waals surface area contributed by atoms with Crippen LogP contribution in [-0.2, 0) is 0 Å². The second kappa shape index (κ2) is 4.62. The second-order valence-electron chi connectivity index (χ2n) is 3.62. The molecule has 0 atom stereocenters. The van der Waals surface area contributed by atoms with Gasteiger partial charge in [-0.3, -0.25) is 9.78 Å². The fourth-order valence-electron chi connectivity index (χ4n) is 1.43. The number of anilines is 2. The zero-order chi connectivity index (χ0) is 13.1. The number of hydrogen-bond donors (Lipinski definition) is 4. The number of rotatable bonds is 2. The van der Waals surface area contributed by atoms with Gasteiger partial charge in [0.25, 0.3) is 5.91 Å². The third-order valence-corrected chi connectivity index (χ3v) is 2.33. The molecule has 0 bridgehead atoms. The van der Waals surface area contributed by atoms with Crippen molar-refractivity contribution < 1.29 is 15.0 Å². The van der Waals surface area contributed by atoms with Crippen LogP contribution in [0.3, 0.4) is 0 Å². The molecule has 2 rings (SSSR count). The van der Waals surface area contributed by atoms with Crippen LogP contribution in [0, 0.1) is 0 Å². The van der Waals surface area contributed by atoms with Gasteiger partial charge in [-0.05, 0) is 18.2 Å². The number of amides is 1. The van der Waals surface area contributed by atoms with Gasteiger partial charge in [-0.1, -0.05) is 0 Å². The number of pyridine rings is 1. The SMILES string of the molecule is Nc1cc(O)ccc1NC(=O)c1ccncc1O. The Kier molecular flexibility index (Phi) is 3.01. The first-order valence-electron chi connectivity index (χ1n) is 5.11. The van der Waals surface area contributed by atoms with Gasteiger partial charge in [-0.25, -0.2) is 0 Å². The first-order chi connectivity index (χ1) is 8.58. The zero-order valence-electron chi connectivity index (χ0n) is 9.29. The molecule has 92 valence electrons. The molecular weight excluding hydrogens is 234 g/mol. The van der Waals surface area contributed by atoms with Crippen molar-refractivity contribution >= 4 is 17.3 Å². The molecule has 1 aromatic carbocycles. The van der Waals surface area contributed by atoms with Crippen LogP contribution in [0.15, 0.2) is 36.7 Å². The number of nitrogens with zero attached hydrogens (tertiary/aromatic N) is 1. The molecular formula is C12H11N3O3. The molecule has 1 aromatic heterocycles. The van der Waals surface area contributed by atoms with E-state index in [0.717, 1.165) is 0 Å². The fraction of sp³-hybridized carbons (Fsp3) is 0. The molecule has 0 unspecified atom stereocenters. The maximum Gasteiger partial charge on any atom is 0.259 e. The molecule has 1 heterocycles. The number of nitrogens with one attached hydrogen (secondary N) is 1. The number of nitrogens with two attached hydrogens (primary N) is 1. The largest absolute Gasteiger partial charge is 0.508 e. The van der Waals surface area contributed by atoms with Gasteiger partial charge in [-0.15, -0.1) is 0 Å². The van der Waals surface area contributed by atoms with E-state index in [0.29, 0.717) is 5.69 Å². The van der Waals surface area contributed by atoms with E-state index in [1.165, 1.54) is 36.7 Å². The van der Waals surface area contributed by atoms with Crippen LogP contribution in [0.2, 0.25) is 0 Å². The molecule has 2 aromatic rings. The van der Waals surface area contributed by atoms with Crippen molar-refractivity contribution in [3.63, 3.8) is 0 Å². The Hall–Kier alpha value is -2.76. The first kappa shape index (κ1) is 11.7. The molecule has 6 heteroatoms. The highest BCUT2D eigenvalue weighted by atomic mass is 16.3. The zero-order valence-corrected chi connectivity index (χ0v) is 9.29. The molecule has 0 spiro atoms. The van der Waals surface area contributed by atoms with Gasteiger partial charge in [0.1, 0.15) is 11.5 Å². The molecule has 0 saturated heterocycles. The smallest absolute Gasteiger partial charge is 0.259 e. The lowest BCUT2D eigenvalue weighted by atomic mass is 10.2. The molecule has 5 N–H and O–H groups in total. The monoisotopic (exact) mass is 245 g/mol. The van der Waals surface area contributed by atoms with Gasteiger partial charge in [-0.2, -0.15) is 0 Å². The Morgan fingerprint density at radius 3 is 2.72 bits per heavy atom. The summed E-state index contributed by atoms with van der Waals surface area (Å²) in [5.41, 5.74) is 6.32. The van der Waals surface area contributed by atoms with E-state index < -0.39 is 5.91 Å². The number of carbonyl (C=O) groups excluding carboxylic acids is 1. The lowest BCUT2D eigenvalue weighted by Crippen LogP contribution is -2.13. The van der Waals surface area contributed by atoms with E-state index >= 15 is 0 Å². The Morgan fingerprint density at radius 2 is 2.06 bits per heavy atom. The average Bonchev–Trinajstić information content (AvgIpc) is 2.33. The van der Waals surface area contributed by atoms with Crippen molar-refractivity contribution in [1.29, 1.82) is 0 Å². The highest BCUT2D eigenvalue weighted by Crippen LogP contribution is 2.24. The van der Waals surface area contributed by atoms with E-state index in [9.17, 15) is 15.0 Å². The minimum Gasteiger partial charge on any atom is -0.508 e. The molecule has 0 radical (unpaired) electrons. The number of phenolic OH excluding ortho intramolecular Hbond substituents is 1. The third-order valence-electron chi connectivity index (χ3n) is 2.33. The maximum absolute atomic E-state index is 11.9. The summed E-state index contributed by atoms with van der Waals surface area (Å²) < 4.78 is 0. The van der Waals surface area contributed by atoms with Gasteiger partial charge < -0.3 is 21.3 Å². The lowest BCUT2D eigenvalue weighted by Gasteiger charge is -2.09. The molecule has 1 amide bonds. The summed E-state index contributed by atoms with van der Waals surface area (Å²) in [6.07, 6.45) is 2.57. The van der Waals surface area contributed by atoms with Crippen LogP contribution in [0.25, 0.3) is 0 Å². The maximum atomic E-state index is 11.9. The molecule has 18 heavy (non-hydrogen) atoms. The van der Waals surface area contributed by atoms with Crippen LogP contribution in [-0.4, -0.2) is 21.1 Å². The molecule has 0 fully saturated rings. The number of aromatic hydroxyl groups is 2. The van der Waals surface area contributed by atoms with Crippen LogP contribution in [0.4, 0.5) is 11.4 Å². The van der Waals surface area contributed by atoms with Crippen LogP contribution in [0.1, 0.15) is 10.4 Å². The van der Waals surface area contributed by atoms with Gasteiger partial charge in [0.05, 0.1) is 23.1 Å². The van der Waals surface area contributed by atoms with Gasteiger partial charge >= 0.3 is 0 Å². The van der Waals surface area contributed by atoms with E-state index in [1.54, 1.807) is 0 Å². The van der Waals surface area contributed by atoms with Crippen LogP contribution in [0.5, 0.6) is 11.5 Å². The first-order valence-corrected chi connectivity index (χ1v) is 5.11. The number of carbonyl (C=O) groups is 1. The van der Waals surface area contributed by atoms with E-state index in [1.807, 2.05) is 0 Å². The van der Waals surface area contributed by atoms with Crippen molar-refractivity contribution in [3.05, 3.63) is 42.2 Å². The number of benzene rings is 1. The highest BCUT2D eigenvalue weighted by Gasteiger charge is 2.12. The predicted molar refractivity (Wildman–Crippen MR) is 66.4 cm³/mol. The summed E-state index contributed by atoms with van der Waals surface area (Å²) in [4.78, 5) is 15.5. The highest BCUT2D eigenvalue weighted by molar-refractivity contribution is 6.07. The van der Waals surface area contributed by atoms with E-state index in [2.05, 4.69) is 10.3 Å². The van der Waals surface area contributed by atoms with Crippen LogP contribution < -0.4 is 11.1 Å². The summed E-state index contributed by atoms with van der Waals surface area (Å²) in [5, 5.41) is 21.2.